The lowest BCUT2D eigenvalue weighted by Crippen LogP contribution is -2.71. The lowest BCUT2D eigenvalue weighted by molar-refractivity contribution is -0.249. The molecule has 14 aliphatic rings. The Morgan fingerprint density at radius 1 is 0.579 bits per heavy atom. The van der Waals surface area contributed by atoms with Gasteiger partial charge in [0.15, 0.2) is 64.8 Å². The molecule has 25 atom stereocenters. The molecule has 2 heterocycles. The first-order valence-corrected chi connectivity index (χ1v) is 34.5. The lowest BCUT2D eigenvalue weighted by atomic mass is 9.44. The molecule has 12 aliphatic carbocycles. The average molecular weight is 1340 g/mol. The smallest absolute Gasteiger partial charge is 0.303 e. The van der Waals surface area contributed by atoms with Gasteiger partial charge < -0.3 is 54.0 Å². The molecule has 14 rings (SSSR count). The minimum absolute atomic E-state index is 0.0406. The Morgan fingerprint density at radius 2 is 1.11 bits per heavy atom. The van der Waals surface area contributed by atoms with Crippen molar-refractivity contribution in [3.8, 4) is 0 Å². The number of carbonyl (C=O) groups excluding carboxylic acids is 8. The van der Waals surface area contributed by atoms with E-state index < -0.39 is 171 Å². The van der Waals surface area contributed by atoms with Crippen molar-refractivity contribution in [1.29, 1.82) is 0 Å². The topological polar surface area (TPSA) is 293 Å². The van der Waals surface area contributed by atoms with Gasteiger partial charge >= 0.3 is 11.9 Å². The van der Waals surface area contributed by atoms with Gasteiger partial charge in [0, 0.05) is 54.3 Å². The zero-order valence-corrected chi connectivity index (χ0v) is 56.9. The third-order valence-electron chi connectivity index (χ3n) is 27.8. The summed E-state index contributed by atoms with van der Waals surface area (Å²) < 4.78 is 83.1. The maximum absolute atomic E-state index is 17.3. The first kappa shape index (κ1) is 70.2. The number of ketones is 6. The van der Waals surface area contributed by atoms with Crippen molar-refractivity contribution in [2.24, 2.45) is 79.8 Å². The Bertz CT molecular complexity index is 3410. The van der Waals surface area contributed by atoms with Crippen molar-refractivity contribution < 1.29 is 105 Å². The quantitative estimate of drug-likeness (QED) is 0.145. The zero-order valence-electron chi connectivity index (χ0n) is 56.9. The van der Waals surface area contributed by atoms with Gasteiger partial charge in [-0.15, -0.1) is 0 Å². The van der Waals surface area contributed by atoms with Crippen LogP contribution >= 0.6 is 0 Å². The highest BCUT2D eigenvalue weighted by Crippen LogP contribution is 2.75. The van der Waals surface area contributed by atoms with Crippen LogP contribution in [-0.2, 0) is 66.8 Å². The number of hydrogen-bond donors (Lipinski definition) is 5. The third-order valence-corrected chi connectivity index (χ3v) is 27.8. The number of halogens is 3. The fourth-order valence-corrected chi connectivity index (χ4v) is 23.9. The zero-order chi connectivity index (χ0) is 69.5. The van der Waals surface area contributed by atoms with Gasteiger partial charge in [0.2, 0.25) is 11.6 Å². The van der Waals surface area contributed by atoms with Crippen LogP contribution in [-0.4, -0.2) is 169 Å². The van der Waals surface area contributed by atoms with E-state index in [0.717, 1.165) is 37.3 Å². The highest BCUT2D eigenvalue weighted by molar-refractivity contribution is 6.01. The summed E-state index contributed by atoms with van der Waals surface area (Å²) in [5, 5.41) is 55.5. The van der Waals surface area contributed by atoms with Gasteiger partial charge in [0.1, 0.15) is 24.6 Å². The van der Waals surface area contributed by atoms with E-state index in [1.165, 1.54) is 39.0 Å². The number of allylic oxidation sites excluding steroid dienone is 6. The monoisotopic (exact) mass is 1330 g/mol. The SMILES string of the molecule is CC(=O)OCC(=O)[C@@]1(O)CC[C@H]2[C@@H]3CCC4=CC(=O)CC[C@]4(C)[C@H]3[C@@H](O)C[C@@]21C.CC(=O)OCC(=O)[C@@]12OC(C)(C)O[C@@H]1C[C@H]1[C@@H]3C[C@H](F)C4=CC(=O)C=C[C@]4(C)[C@@]3(F)[C@@H](O)C[C@@]12C.CC1(C)O[C@@H]2C[C@H]3[C@@H]4C[C@H](F)C5=CC(=O)CC[C@]5(C)[C@H]4[C@@H](O)C[C@]3(C)[C@]2(C(=O)CO)O1. The van der Waals surface area contributed by atoms with Gasteiger partial charge in [-0.1, -0.05) is 46.3 Å². The molecule has 0 unspecified atom stereocenters. The lowest BCUT2D eigenvalue weighted by Gasteiger charge is -2.63. The number of hydrogen-bond acceptors (Lipinski definition) is 19. The first-order valence-electron chi connectivity index (χ1n) is 34.5. The van der Waals surface area contributed by atoms with Crippen LogP contribution in [0.4, 0.5) is 13.2 Å². The Labute approximate surface area is 553 Å². The van der Waals surface area contributed by atoms with E-state index in [-0.39, 0.29) is 83.7 Å². The molecule has 0 aromatic rings. The first-order chi connectivity index (χ1) is 44.0. The molecule has 11 fully saturated rings. The molecule has 0 radical (unpaired) electrons. The van der Waals surface area contributed by atoms with Gasteiger partial charge in [-0.05, 0) is 206 Å². The van der Waals surface area contributed by atoms with E-state index in [2.05, 4.69) is 6.92 Å². The number of fused-ring (bicyclic) bond motifs is 19. The molecule has 9 saturated carbocycles. The molecule has 0 spiro atoms. The Kier molecular flexibility index (Phi) is 17.0. The Balaban J connectivity index is 0.000000137. The molecule has 95 heavy (non-hydrogen) atoms. The summed E-state index contributed by atoms with van der Waals surface area (Å²) in [5.41, 5.74) is -10.0. The number of carbonyl (C=O) groups is 8. The highest BCUT2D eigenvalue weighted by atomic mass is 19.1. The maximum atomic E-state index is 17.3. The number of Topliss-reactive ketones (excluding diaryl/α,β-unsaturated/α-hetero) is 3. The number of aliphatic hydroxyl groups is 5. The summed E-state index contributed by atoms with van der Waals surface area (Å²) in [5.74, 6) is -6.59. The summed E-state index contributed by atoms with van der Waals surface area (Å²) in [6.45, 7) is 19.0. The molecule has 22 heteroatoms. The average Bonchev–Trinajstić information content (AvgIpc) is 1.58. The second kappa shape index (κ2) is 22.9. The van der Waals surface area contributed by atoms with Crippen LogP contribution in [0.15, 0.2) is 47.1 Å². The van der Waals surface area contributed by atoms with Crippen molar-refractivity contribution in [3.05, 3.63) is 47.1 Å². The largest absolute Gasteiger partial charge is 0.458 e. The van der Waals surface area contributed by atoms with Gasteiger partial charge in [-0.25, -0.2) is 13.2 Å². The van der Waals surface area contributed by atoms with Crippen molar-refractivity contribution in [1.82, 2.24) is 0 Å². The van der Waals surface area contributed by atoms with Gasteiger partial charge in [0.05, 0.1) is 30.5 Å². The summed E-state index contributed by atoms with van der Waals surface area (Å²) in [4.78, 5) is 98.2. The number of rotatable bonds is 8. The minimum Gasteiger partial charge on any atom is -0.458 e. The van der Waals surface area contributed by atoms with Crippen LogP contribution in [0.2, 0.25) is 0 Å². The maximum Gasteiger partial charge on any atom is 0.303 e. The Morgan fingerprint density at radius 3 is 1.71 bits per heavy atom. The van der Waals surface area contributed by atoms with Crippen molar-refractivity contribution in [2.45, 2.75) is 256 Å². The summed E-state index contributed by atoms with van der Waals surface area (Å²) in [6.07, 6.45) is 6.06. The van der Waals surface area contributed by atoms with E-state index in [1.807, 2.05) is 20.8 Å². The summed E-state index contributed by atoms with van der Waals surface area (Å²) in [6, 6.07) is 0. The fourth-order valence-electron chi connectivity index (χ4n) is 23.9. The van der Waals surface area contributed by atoms with E-state index in [0.29, 0.717) is 50.5 Å². The van der Waals surface area contributed by atoms with Gasteiger partial charge in [-0.2, -0.15) is 0 Å². The third kappa shape index (κ3) is 9.83. The van der Waals surface area contributed by atoms with Crippen LogP contribution < -0.4 is 0 Å². The summed E-state index contributed by atoms with van der Waals surface area (Å²) >= 11 is 0. The molecule has 0 aromatic heterocycles. The fraction of sp³-hybridized carbons (Fsp3) is 0.781. The predicted molar refractivity (Wildman–Crippen MR) is 332 cm³/mol. The van der Waals surface area contributed by atoms with E-state index in [1.54, 1.807) is 40.7 Å². The molecule has 0 amide bonds. The predicted octanol–water partition coefficient (Wildman–Crippen LogP) is 7.79. The van der Waals surface area contributed by atoms with Gasteiger partial charge in [0.25, 0.3) is 0 Å². The molecule has 5 N–H and O–H groups in total. The molecule has 0 aromatic carbocycles. The van der Waals surface area contributed by atoms with Crippen molar-refractivity contribution in [2.75, 3.05) is 19.8 Å². The standard InChI is InChI=1S/C26H32F2O7.C24H33FO6.C23H32O6/c1-13(29)33-12-20(32)26-21(34-22(2,3)35-26)10-15-16-9-18(27)17-8-14(30)6-7-23(17,4)25(16,28)19(31)11-24(15,26)5;1-21(2)30-19-9-14-13-8-16(25)15-7-12(27)5-6-22(15,3)20(13)17(28)10-23(14,4)24(19,31-21)18(29)11-26;1-13(24)29-12-19(27)23(28)9-7-17-16-5-4-14-10-15(25)6-8-21(14,2)20(16)18(26)11-22(17,23)3/h6-8,15-16,18-19,21,31H,9-12H2,1-5H3;7,13-14,16-17,19-20,26,28H,5-6,8-11H2,1-4H3;10,16-18,20,26,28H,4-9,11-12H2,1-3H3/t15-,16-,18-,19-,21+,23-,24-,25-,26+;13-,14-,16-,17-,19+,20+,22-,23-,24+;16-,17-,18-,20+,21-,22-,23-/m000/s1. The molecule has 2 saturated heterocycles. The minimum atomic E-state index is -2.27. The van der Waals surface area contributed by atoms with Crippen LogP contribution in [0.3, 0.4) is 0 Å². The van der Waals surface area contributed by atoms with Crippen LogP contribution in [0, 0.1) is 79.8 Å². The van der Waals surface area contributed by atoms with E-state index in [4.69, 9.17) is 28.4 Å². The molecule has 2 aliphatic heterocycles. The van der Waals surface area contributed by atoms with Crippen LogP contribution in [0.5, 0.6) is 0 Å². The second-order valence-electron chi connectivity index (χ2n) is 33.2. The van der Waals surface area contributed by atoms with E-state index >= 15 is 13.2 Å². The molecular weight excluding hydrogens is 1240 g/mol. The van der Waals surface area contributed by atoms with Crippen molar-refractivity contribution >= 4 is 46.6 Å². The highest BCUT2D eigenvalue weighted by Gasteiger charge is 2.82. The second-order valence-corrected chi connectivity index (χ2v) is 33.2. The molecule has 19 nitrogen and oxygen atoms in total. The number of alkyl halides is 3. The number of ether oxygens (including phenoxy) is 6. The van der Waals surface area contributed by atoms with Crippen molar-refractivity contribution in [3.63, 3.8) is 0 Å². The summed E-state index contributed by atoms with van der Waals surface area (Å²) in [7, 11) is 0. The normalized spacial score (nSPS) is 49.5. The number of aliphatic hydroxyl groups excluding tert-OH is 4. The van der Waals surface area contributed by atoms with E-state index in [9.17, 15) is 63.9 Å². The molecule has 0 bridgehead atoms. The van der Waals surface area contributed by atoms with Crippen LogP contribution in [0.25, 0.3) is 0 Å². The Hall–Kier alpha value is -4.65. The molecule has 524 valence electrons. The van der Waals surface area contributed by atoms with Crippen LogP contribution in [0.1, 0.15) is 179 Å². The number of esters is 2. The van der Waals surface area contributed by atoms with Gasteiger partial charge in [-0.3, -0.25) is 38.4 Å². The molecular formula is C73H97F3O19.